The maximum absolute atomic E-state index is 13.0. The normalized spacial score (nSPS) is 13.9. The Balaban J connectivity index is 1.31. The summed E-state index contributed by atoms with van der Waals surface area (Å²) < 4.78 is 22.3. The van der Waals surface area contributed by atoms with Crippen molar-refractivity contribution in [1.82, 2.24) is 9.80 Å². The zero-order chi connectivity index (χ0) is 24.6. The number of carbonyl (C=O) groups is 1. The van der Waals surface area contributed by atoms with Gasteiger partial charge < -0.3 is 23.8 Å². The van der Waals surface area contributed by atoms with E-state index in [1.54, 1.807) is 21.3 Å². The zero-order valence-electron chi connectivity index (χ0n) is 20.5. The fraction of sp³-hybridized carbons (Fsp3) is 0.321. The fourth-order valence-electron chi connectivity index (χ4n) is 4.25. The van der Waals surface area contributed by atoms with E-state index in [0.717, 1.165) is 30.0 Å². The van der Waals surface area contributed by atoms with Crippen LogP contribution in [0.25, 0.3) is 0 Å². The molecule has 1 saturated heterocycles. The molecule has 3 aromatic rings. The molecule has 0 aliphatic carbocycles. The van der Waals surface area contributed by atoms with Crippen LogP contribution in [0, 0.1) is 0 Å². The minimum Gasteiger partial charge on any atom is -0.493 e. The van der Waals surface area contributed by atoms with Gasteiger partial charge in [-0.05, 0) is 35.9 Å². The summed E-state index contributed by atoms with van der Waals surface area (Å²) in [6.45, 7) is 4.10. The van der Waals surface area contributed by atoms with Crippen molar-refractivity contribution in [3.63, 3.8) is 0 Å². The third kappa shape index (κ3) is 5.87. The van der Waals surface area contributed by atoms with E-state index in [1.165, 1.54) is 0 Å². The molecule has 0 atom stereocenters. The number of piperazine rings is 1. The molecule has 0 unspecified atom stereocenters. The highest BCUT2D eigenvalue weighted by molar-refractivity contribution is 5.94. The molecular weight excluding hydrogens is 444 g/mol. The van der Waals surface area contributed by atoms with Crippen LogP contribution in [0.2, 0.25) is 0 Å². The van der Waals surface area contributed by atoms with Crippen LogP contribution in [0.15, 0.2) is 66.7 Å². The Kier molecular flexibility index (Phi) is 8.11. The van der Waals surface area contributed by atoms with E-state index in [9.17, 15) is 4.79 Å². The van der Waals surface area contributed by atoms with E-state index >= 15 is 0 Å². The number of amides is 1. The van der Waals surface area contributed by atoms with Crippen molar-refractivity contribution in [3.05, 3.63) is 83.4 Å². The zero-order valence-corrected chi connectivity index (χ0v) is 20.5. The highest BCUT2D eigenvalue weighted by Crippen LogP contribution is 2.40. The van der Waals surface area contributed by atoms with Crippen LogP contribution >= 0.6 is 0 Å². The van der Waals surface area contributed by atoms with E-state index in [-0.39, 0.29) is 5.91 Å². The first-order chi connectivity index (χ1) is 17.1. The first kappa shape index (κ1) is 24.4. The first-order valence-corrected chi connectivity index (χ1v) is 11.7. The summed E-state index contributed by atoms with van der Waals surface area (Å²) in [6.07, 6.45) is 0. The molecule has 35 heavy (non-hydrogen) atoms. The standard InChI is InChI=1S/C28H32N2O5/c1-32-25-14-11-23(26(33-2)27(25)34-3)19-29-15-17-30(18-16-29)28(31)22-9-12-24(13-10-22)35-20-21-7-5-4-6-8-21/h4-14H,15-20H2,1-3H3. The van der Waals surface area contributed by atoms with Gasteiger partial charge in [0.05, 0.1) is 21.3 Å². The fourth-order valence-corrected chi connectivity index (χ4v) is 4.25. The van der Waals surface area contributed by atoms with Gasteiger partial charge in [0.15, 0.2) is 11.5 Å². The molecule has 4 rings (SSSR count). The lowest BCUT2D eigenvalue weighted by atomic mass is 10.1. The van der Waals surface area contributed by atoms with Gasteiger partial charge >= 0.3 is 0 Å². The van der Waals surface area contributed by atoms with Crippen molar-refractivity contribution in [2.75, 3.05) is 47.5 Å². The molecular formula is C28H32N2O5. The Hall–Kier alpha value is -3.71. The van der Waals surface area contributed by atoms with Crippen LogP contribution < -0.4 is 18.9 Å². The lowest BCUT2D eigenvalue weighted by Crippen LogP contribution is -2.48. The average molecular weight is 477 g/mol. The third-order valence-electron chi connectivity index (χ3n) is 6.19. The SMILES string of the molecule is COc1ccc(CN2CCN(C(=O)c3ccc(OCc4ccccc4)cc3)CC2)c(OC)c1OC. The lowest BCUT2D eigenvalue weighted by Gasteiger charge is -2.35. The van der Waals surface area contributed by atoms with E-state index in [4.69, 9.17) is 18.9 Å². The van der Waals surface area contributed by atoms with Crippen molar-refractivity contribution in [2.45, 2.75) is 13.2 Å². The lowest BCUT2D eigenvalue weighted by molar-refractivity contribution is 0.0627. The van der Waals surface area contributed by atoms with Crippen molar-refractivity contribution >= 4 is 5.91 Å². The monoisotopic (exact) mass is 476 g/mol. The van der Waals surface area contributed by atoms with Gasteiger partial charge in [0.1, 0.15) is 12.4 Å². The average Bonchev–Trinajstić information content (AvgIpc) is 2.92. The van der Waals surface area contributed by atoms with Gasteiger partial charge in [0.25, 0.3) is 5.91 Å². The van der Waals surface area contributed by atoms with Crippen molar-refractivity contribution in [1.29, 1.82) is 0 Å². The molecule has 7 nitrogen and oxygen atoms in total. The van der Waals surface area contributed by atoms with Gasteiger partial charge in [-0.3, -0.25) is 9.69 Å². The summed E-state index contributed by atoms with van der Waals surface area (Å²) in [5.41, 5.74) is 2.80. The number of nitrogens with zero attached hydrogens (tertiary/aromatic N) is 2. The van der Waals surface area contributed by atoms with Crippen LogP contribution in [-0.4, -0.2) is 63.2 Å². The van der Waals surface area contributed by atoms with Crippen molar-refractivity contribution in [3.8, 4) is 23.0 Å². The predicted octanol–water partition coefficient (Wildman–Crippen LogP) is 4.25. The van der Waals surface area contributed by atoms with Crippen LogP contribution in [0.1, 0.15) is 21.5 Å². The Bertz CT molecular complexity index is 1110. The maximum atomic E-state index is 13.0. The molecule has 0 bridgehead atoms. The van der Waals surface area contributed by atoms with Crippen LogP contribution in [-0.2, 0) is 13.2 Å². The third-order valence-corrected chi connectivity index (χ3v) is 6.19. The molecule has 1 heterocycles. The van der Waals surface area contributed by atoms with Gasteiger partial charge in [0.2, 0.25) is 5.75 Å². The Morgan fingerprint density at radius 2 is 1.46 bits per heavy atom. The Morgan fingerprint density at radius 3 is 2.09 bits per heavy atom. The van der Waals surface area contributed by atoms with E-state index in [1.807, 2.05) is 71.6 Å². The summed E-state index contributed by atoms with van der Waals surface area (Å²) in [6, 6.07) is 21.3. The van der Waals surface area contributed by atoms with Crippen molar-refractivity contribution in [2.24, 2.45) is 0 Å². The maximum Gasteiger partial charge on any atom is 0.253 e. The Morgan fingerprint density at radius 1 is 0.771 bits per heavy atom. The number of hydrogen-bond acceptors (Lipinski definition) is 6. The van der Waals surface area contributed by atoms with E-state index < -0.39 is 0 Å². The number of rotatable bonds is 9. The van der Waals surface area contributed by atoms with Gasteiger partial charge in [-0.25, -0.2) is 0 Å². The number of carbonyl (C=O) groups excluding carboxylic acids is 1. The molecule has 1 fully saturated rings. The van der Waals surface area contributed by atoms with Crippen LogP contribution in [0.3, 0.4) is 0 Å². The number of methoxy groups -OCH3 is 3. The van der Waals surface area contributed by atoms with Crippen LogP contribution in [0.5, 0.6) is 23.0 Å². The van der Waals surface area contributed by atoms with Gasteiger partial charge in [-0.1, -0.05) is 36.4 Å². The summed E-state index contributed by atoms with van der Waals surface area (Å²) in [4.78, 5) is 17.2. The number of benzene rings is 3. The molecule has 3 aromatic carbocycles. The highest BCUT2D eigenvalue weighted by Gasteiger charge is 2.24. The highest BCUT2D eigenvalue weighted by atomic mass is 16.5. The minimum atomic E-state index is 0.0444. The molecule has 0 saturated carbocycles. The number of hydrogen-bond donors (Lipinski definition) is 0. The molecule has 0 radical (unpaired) electrons. The largest absolute Gasteiger partial charge is 0.493 e. The molecule has 184 valence electrons. The topological polar surface area (TPSA) is 60.5 Å². The summed E-state index contributed by atoms with van der Waals surface area (Å²) >= 11 is 0. The summed E-state index contributed by atoms with van der Waals surface area (Å²) in [7, 11) is 4.85. The molecule has 0 spiro atoms. The molecule has 7 heteroatoms. The second-order valence-corrected chi connectivity index (χ2v) is 8.36. The second kappa shape index (κ2) is 11.6. The van der Waals surface area contributed by atoms with Gasteiger partial charge in [0, 0.05) is 43.9 Å². The van der Waals surface area contributed by atoms with E-state index in [0.29, 0.717) is 49.1 Å². The van der Waals surface area contributed by atoms with Crippen molar-refractivity contribution < 1.29 is 23.7 Å². The molecule has 0 N–H and O–H groups in total. The van der Waals surface area contributed by atoms with Gasteiger partial charge in [-0.15, -0.1) is 0 Å². The quantitative estimate of drug-likeness (QED) is 0.460. The predicted molar refractivity (Wildman–Crippen MR) is 134 cm³/mol. The summed E-state index contributed by atoms with van der Waals surface area (Å²) in [5.74, 6) is 2.71. The smallest absolute Gasteiger partial charge is 0.253 e. The first-order valence-electron chi connectivity index (χ1n) is 11.7. The van der Waals surface area contributed by atoms with E-state index in [2.05, 4.69) is 4.90 Å². The Labute approximate surface area is 206 Å². The molecule has 1 aliphatic rings. The number of ether oxygens (including phenoxy) is 4. The second-order valence-electron chi connectivity index (χ2n) is 8.36. The van der Waals surface area contributed by atoms with Gasteiger partial charge in [-0.2, -0.15) is 0 Å². The molecule has 1 aliphatic heterocycles. The van der Waals surface area contributed by atoms with Crippen LogP contribution in [0.4, 0.5) is 0 Å². The molecule has 1 amide bonds. The minimum absolute atomic E-state index is 0.0444. The summed E-state index contributed by atoms with van der Waals surface area (Å²) in [5, 5.41) is 0. The molecule has 0 aromatic heterocycles.